The molecule has 0 aliphatic carbocycles. The summed E-state index contributed by atoms with van der Waals surface area (Å²) >= 11 is 0. The molecule has 0 radical (unpaired) electrons. The molecule has 10 heteroatoms. The molecule has 3 heterocycles. The Balaban J connectivity index is 2.43. The average molecular weight is 386 g/mol. The topological polar surface area (TPSA) is 106 Å². The Kier molecular flexibility index (Phi) is 4.80. The highest BCUT2D eigenvalue weighted by Crippen LogP contribution is 2.20. The van der Waals surface area contributed by atoms with E-state index in [1.165, 1.54) is 18.7 Å². The summed E-state index contributed by atoms with van der Waals surface area (Å²) in [7, 11) is 2.70. The van der Waals surface area contributed by atoms with Crippen LogP contribution in [0.15, 0.2) is 22.2 Å². The monoisotopic (exact) mass is 386 g/mol. The summed E-state index contributed by atoms with van der Waals surface area (Å²) in [6.07, 6.45) is 1.62. The number of carbonyl (C=O) groups excluding carboxylic acids is 1. The first-order chi connectivity index (χ1) is 13.2. The predicted octanol–water partition coefficient (Wildman–Crippen LogP) is 0.367. The zero-order chi connectivity index (χ0) is 20.7. The number of fused-ring (bicyclic) bond motifs is 1. The van der Waals surface area contributed by atoms with Gasteiger partial charge in [0.15, 0.2) is 11.2 Å². The lowest BCUT2D eigenvalue weighted by Gasteiger charge is -2.09. The van der Waals surface area contributed by atoms with Crippen LogP contribution in [0.25, 0.3) is 17.1 Å². The highest BCUT2D eigenvalue weighted by atomic mass is 16.5. The Morgan fingerprint density at radius 1 is 1.21 bits per heavy atom. The van der Waals surface area contributed by atoms with E-state index < -0.39 is 23.8 Å². The molecule has 0 fully saturated rings. The van der Waals surface area contributed by atoms with Crippen LogP contribution in [0.1, 0.15) is 17.0 Å². The number of nitrogens with zero attached hydrogens (tertiary/aromatic N) is 6. The second-order valence-corrected chi connectivity index (χ2v) is 6.50. The van der Waals surface area contributed by atoms with Gasteiger partial charge < -0.3 is 4.74 Å². The molecule has 0 aromatic carbocycles. The van der Waals surface area contributed by atoms with Crippen LogP contribution < -0.4 is 11.2 Å². The number of esters is 1. The largest absolute Gasteiger partial charge is 0.468 e. The van der Waals surface area contributed by atoms with Crippen LogP contribution in [-0.2, 0) is 29.7 Å². The molecule has 3 aromatic heterocycles. The Bertz CT molecular complexity index is 1220. The Morgan fingerprint density at radius 3 is 2.43 bits per heavy atom. The molecule has 0 amide bonds. The lowest BCUT2D eigenvalue weighted by Crippen LogP contribution is -2.41. The van der Waals surface area contributed by atoms with E-state index in [1.807, 2.05) is 20.8 Å². The van der Waals surface area contributed by atoms with E-state index in [2.05, 4.69) is 21.4 Å². The molecule has 0 aliphatic heterocycles. The minimum Gasteiger partial charge on any atom is -0.468 e. The maximum Gasteiger partial charge on any atom is 0.333 e. The van der Waals surface area contributed by atoms with Gasteiger partial charge in [-0.2, -0.15) is 10.1 Å². The molecular weight excluding hydrogens is 364 g/mol. The minimum atomic E-state index is -0.692. The lowest BCUT2D eigenvalue weighted by atomic mass is 10.2. The molecule has 0 N–H and O–H groups in total. The molecule has 0 atom stereocenters. The van der Waals surface area contributed by atoms with Crippen LogP contribution in [-0.4, -0.2) is 41.5 Å². The van der Waals surface area contributed by atoms with Gasteiger partial charge in [0.2, 0.25) is 5.95 Å². The number of imidazole rings is 1. The molecule has 28 heavy (non-hydrogen) atoms. The Hall–Kier alpha value is -3.43. The zero-order valence-electron chi connectivity index (χ0n) is 16.5. The van der Waals surface area contributed by atoms with Crippen LogP contribution in [0.3, 0.4) is 0 Å². The van der Waals surface area contributed by atoms with Crippen molar-refractivity contribution in [2.24, 2.45) is 7.05 Å². The van der Waals surface area contributed by atoms with E-state index in [0.29, 0.717) is 5.95 Å². The summed E-state index contributed by atoms with van der Waals surface area (Å²) in [5, 5.41) is 4.51. The van der Waals surface area contributed by atoms with Crippen molar-refractivity contribution in [1.82, 2.24) is 28.5 Å². The second kappa shape index (κ2) is 6.95. The average Bonchev–Trinajstić information content (AvgIpc) is 3.16. The smallest absolute Gasteiger partial charge is 0.333 e. The quantitative estimate of drug-likeness (QED) is 0.463. The van der Waals surface area contributed by atoms with Crippen molar-refractivity contribution in [2.75, 3.05) is 7.11 Å². The predicted molar refractivity (Wildman–Crippen MR) is 103 cm³/mol. The first-order valence-electron chi connectivity index (χ1n) is 8.63. The number of ether oxygens (including phenoxy) is 1. The van der Waals surface area contributed by atoms with Gasteiger partial charge in [-0.25, -0.2) is 14.0 Å². The number of aryl methyl sites for hydroxylation is 2. The van der Waals surface area contributed by atoms with Crippen molar-refractivity contribution in [3.8, 4) is 5.95 Å². The van der Waals surface area contributed by atoms with Crippen LogP contribution in [0.2, 0.25) is 0 Å². The third-order valence-electron chi connectivity index (χ3n) is 4.88. The van der Waals surface area contributed by atoms with Gasteiger partial charge in [-0.05, 0) is 26.3 Å². The van der Waals surface area contributed by atoms with Gasteiger partial charge in [-0.15, -0.1) is 6.58 Å². The maximum absolute atomic E-state index is 13.1. The molecular formula is C18H22N6O4. The van der Waals surface area contributed by atoms with E-state index >= 15 is 0 Å². The van der Waals surface area contributed by atoms with Gasteiger partial charge >= 0.3 is 11.7 Å². The molecule has 3 rings (SSSR count). The number of carbonyl (C=O) groups is 1. The van der Waals surface area contributed by atoms with Gasteiger partial charge in [0.05, 0.1) is 12.8 Å². The Morgan fingerprint density at radius 2 is 1.89 bits per heavy atom. The van der Waals surface area contributed by atoms with E-state index in [-0.39, 0.29) is 17.7 Å². The number of hydrogen-bond acceptors (Lipinski definition) is 6. The van der Waals surface area contributed by atoms with Crippen molar-refractivity contribution in [2.45, 2.75) is 33.9 Å². The van der Waals surface area contributed by atoms with E-state index in [9.17, 15) is 14.4 Å². The number of aromatic nitrogens is 6. The number of allylic oxidation sites excluding steroid dienone is 1. The number of methoxy groups -OCH3 is 1. The van der Waals surface area contributed by atoms with Gasteiger partial charge in [-0.3, -0.25) is 18.7 Å². The van der Waals surface area contributed by atoms with E-state index in [0.717, 1.165) is 21.5 Å². The molecule has 10 nitrogen and oxygen atoms in total. The van der Waals surface area contributed by atoms with Gasteiger partial charge in [0.1, 0.15) is 6.54 Å². The van der Waals surface area contributed by atoms with Gasteiger partial charge in [0, 0.05) is 19.3 Å². The van der Waals surface area contributed by atoms with Crippen molar-refractivity contribution in [1.29, 1.82) is 0 Å². The van der Waals surface area contributed by atoms with Crippen molar-refractivity contribution < 1.29 is 9.53 Å². The Labute approximate surface area is 160 Å². The standard InChI is InChI=1S/C18H22N6O4/c1-7-8-22-14-15(19-17(22)24-12(4)10(2)11(3)20-24)21(5)18(27)23(16(14)26)9-13(25)28-6/h7H,1,8-9H2,2-6H3. The first-order valence-corrected chi connectivity index (χ1v) is 8.63. The molecule has 0 bridgehead atoms. The molecule has 0 aliphatic rings. The van der Waals surface area contributed by atoms with Gasteiger partial charge in [-0.1, -0.05) is 6.08 Å². The van der Waals surface area contributed by atoms with Crippen LogP contribution in [0.5, 0.6) is 0 Å². The van der Waals surface area contributed by atoms with Crippen LogP contribution in [0.4, 0.5) is 0 Å². The lowest BCUT2D eigenvalue weighted by molar-refractivity contribution is -0.141. The molecule has 148 valence electrons. The number of rotatable bonds is 5. The van der Waals surface area contributed by atoms with Crippen molar-refractivity contribution in [3.63, 3.8) is 0 Å². The third-order valence-corrected chi connectivity index (χ3v) is 4.88. The summed E-state index contributed by atoms with van der Waals surface area (Å²) in [4.78, 5) is 41.9. The number of hydrogen-bond donors (Lipinski definition) is 0. The van der Waals surface area contributed by atoms with Crippen molar-refractivity contribution >= 4 is 17.1 Å². The van der Waals surface area contributed by atoms with Crippen LogP contribution >= 0.6 is 0 Å². The summed E-state index contributed by atoms with van der Waals surface area (Å²) in [5.74, 6) is -0.297. The summed E-state index contributed by atoms with van der Waals surface area (Å²) in [6, 6.07) is 0. The highest BCUT2D eigenvalue weighted by molar-refractivity contribution is 5.74. The van der Waals surface area contributed by atoms with E-state index in [1.54, 1.807) is 15.3 Å². The normalized spacial score (nSPS) is 11.2. The third kappa shape index (κ3) is 2.77. The molecule has 0 spiro atoms. The van der Waals surface area contributed by atoms with E-state index in [4.69, 9.17) is 0 Å². The molecule has 0 unspecified atom stereocenters. The maximum atomic E-state index is 13.1. The summed E-state index contributed by atoms with van der Waals surface area (Å²) in [5.41, 5.74) is 1.84. The fourth-order valence-electron chi connectivity index (χ4n) is 3.07. The molecule has 0 saturated carbocycles. The minimum absolute atomic E-state index is 0.186. The molecule has 0 saturated heterocycles. The summed E-state index contributed by atoms with van der Waals surface area (Å²) in [6.45, 7) is 9.28. The zero-order valence-corrected chi connectivity index (χ0v) is 16.5. The first kappa shape index (κ1) is 19.3. The fourth-order valence-corrected chi connectivity index (χ4v) is 3.07. The SMILES string of the molecule is C=CCn1c(-n2nc(C)c(C)c2C)nc2c1c(=O)n(CC(=O)OC)c(=O)n2C. The molecule has 3 aromatic rings. The summed E-state index contributed by atoms with van der Waals surface area (Å²) < 4.78 is 9.95. The van der Waals surface area contributed by atoms with Crippen molar-refractivity contribution in [3.05, 3.63) is 50.4 Å². The second-order valence-electron chi connectivity index (χ2n) is 6.50. The van der Waals surface area contributed by atoms with Gasteiger partial charge in [0.25, 0.3) is 5.56 Å². The highest BCUT2D eigenvalue weighted by Gasteiger charge is 2.23. The van der Waals surface area contributed by atoms with Crippen LogP contribution in [0, 0.1) is 20.8 Å². The fraction of sp³-hybridized carbons (Fsp3) is 0.389.